The maximum Gasteiger partial charge on any atom is 0.283 e. The van der Waals surface area contributed by atoms with Gasteiger partial charge in [-0.3, -0.25) is 14.2 Å². The Morgan fingerprint density at radius 1 is 1.08 bits per heavy atom. The number of aromatic nitrogens is 3. The quantitative estimate of drug-likeness (QED) is 0.206. The molecule has 3 aromatic carbocycles. The summed E-state index contributed by atoms with van der Waals surface area (Å²) in [6.45, 7) is 2.43. The van der Waals surface area contributed by atoms with Crippen LogP contribution in [0.15, 0.2) is 95.0 Å². The fraction of sp³-hybridized carbons (Fsp3) is 0.107. The number of carbonyl (C=O) groups excluding carboxylic acids is 1. The van der Waals surface area contributed by atoms with Crippen LogP contribution in [0.25, 0.3) is 27.8 Å². The van der Waals surface area contributed by atoms with Crippen LogP contribution in [-0.2, 0) is 4.79 Å². The van der Waals surface area contributed by atoms with E-state index in [9.17, 15) is 14.0 Å². The van der Waals surface area contributed by atoms with Crippen molar-refractivity contribution in [3.8, 4) is 22.6 Å². The Bertz CT molecular complexity index is 1610. The molecule has 1 amide bonds. The second-order valence-corrected chi connectivity index (χ2v) is 9.04. The molecule has 0 spiro atoms. The van der Waals surface area contributed by atoms with E-state index in [1.807, 2.05) is 37.3 Å². The van der Waals surface area contributed by atoms with E-state index in [-0.39, 0.29) is 17.2 Å². The molecule has 2 N–H and O–H groups in total. The minimum atomic E-state index is -0.442. The number of aromatic amines is 1. The lowest BCUT2D eigenvalue weighted by atomic mass is 10.1. The summed E-state index contributed by atoms with van der Waals surface area (Å²) in [6, 6.07) is 22.4. The van der Waals surface area contributed by atoms with Crippen LogP contribution in [0.5, 0.6) is 5.75 Å². The molecule has 186 valence electrons. The van der Waals surface area contributed by atoms with Crippen molar-refractivity contribution < 1.29 is 13.9 Å². The number of rotatable bonds is 8. The SMILES string of the molecule is CCOc1ccc(-n2c(SCC(=O)Nc3cccc(F)c3)nc3c(-c4ccccc4)c[nH]c3c2=O)cc1. The summed E-state index contributed by atoms with van der Waals surface area (Å²) >= 11 is 1.13. The Morgan fingerprint density at radius 3 is 2.59 bits per heavy atom. The zero-order valence-electron chi connectivity index (χ0n) is 19.9. The van der Waals surface area contributed by atoms with Crippen LogP contribution in [0.2, 0.25) is 0 Å². The lowest BCUT2D eigenvalue weighted by molar-refractivity contribution is -0.113. The van der Waals surface area contributed by atoms with Gasteiger partial charge in [0.2, 0.25) is 5.91 Å². The molecule has 7 nitrogen and oxygen atoms in total. The highest BCUT2D eigenvalue weighted by molar-refractivity contribution is 7.99. The molecule has 0 aliphatic carbocycles. The van der Waals surface area contributed by atoms with Gasteiger partial charge in [-0.05, 0) is 55.0 Å². The van der Waals surface area contributed by atoms with Gasteiger partial charge in [0.1, 0.15) is 22.6 Å². The molecule has 2 heterocycles. The van der Waals surface area contributed by atoms with Gasteiger partial charge < -0.3 is 15.0 Å². The van der Waals surface area contributed by atoms with Crippen molar-refractivity contribution in [2.45, 2.75) is 12.1 Å². The number of H-pyrrole nitrogens is 1. The summed E-state index contributed by atoms with van der Waals surface area (Å²) in [7, 11) is 0. The van der Waals surface area contributed by atoms with E-state index in [2.05, 4.69) is 10.3 Å². The molecular formula is C28H23FN4O3S. The second-order valence-electron chi connectivity index (χ2n) is 8.10. The minimum absolute atomic E-state index is 0.0312. The summed E-state index contributed by atoms with van der Waals surface area (Å²) in [5, 5.41) is 3.03. The van der Waals surface area contributed by atoms with Crippen molar-refractivity contribution in [2.24, 2.45) is 0 Å². The molecule has 0 fully saturated rings. The van der Waals surface area contributed by atoms with E-state index in [1.54, 1.807) is 36.5 Å². The van der Waals surface area contributed by atoms with Gasteiger partial charge in [-0.15, -0.1) is 0 Å². The van der Waals surface area contributed by atoms with Crippen molar-refractivity contribution in [1.82, 2.24) is 14.5 Å². The first-order valence-corrected chi connectivity index (χ1v) is 12.6. The van der Waals surface area contributed by atoms with Gasteiger partial charge in [-0.1, -0.05) is 48.2 Å². The zero-order chi connectivity index (χ0) is 25.8. The highest BCUT2D eigenvalue weighted by Crippen LogP contribution is 2.29. The maximum atomic E-state index is 13.7. The third-order valence-electron chi connectivity index (χ3n) is 5.60. The average Bonchev–Trinajstić information content (AvgIpc) is 3.33. The largest absolute Gasteiger partial charge is 0.494 e. The molecule has 0 aliphatic rings. The molecule has 5 aromatic rings. The molecule has 37 heavy (non-hydrogen) atoms. The van der Waals surface area contributed by atoms with E-state index in [0.29, 0.717) is 39.9 Å². The summed E-state index contributed by atoms with van der Waals surface area (Å²) in [4.78, 5) is 34.2. The van der Waals surface area contributed by atoms with E-state index in [0.717, 1.165) is 22.9 Å². The summed E-state index contributed by atoms with van der Waals surface area (Å²) < 4.78 is 20.5. The number of ether oxygens (including phenoxy) is 1. The standard InChI is InChI=1S/C28H23FN4O3S/c1-2-36-22-13-11-21(12-14-22)33-27(35)26-25(23(16-30-26)18-7-4-3-5-8-18)32-28(33)37-17-24(34)31-20-10-6-9-19(29)15-20/h3-16,30H,2,17H2,1H3,(H,31,34). The Labute approximate surface area is 216 Å². The molecule has 9 heteroatoms. The van der Waals surface area contributed by atoms with Crippen LogP contribution in [0.1, 0.15) is 6.92 Å². The number of halogens is 1. The van der Waals surface area contributed by atoms with Crippen molar-refractivity contribution in [3.63, 3.8) is 0 Å². The number of thioether (sulfide) groups is 1. The molecular weight excluding hydrogens is 491 g/mol. The van der Waals surface area contributed by atoms with Crippen LogP contribution in [0.3, 0.4) is 0 Å². The lowest BCUT2D eigenvalue weighted by Gasteiger charge is -2.13. The molecule has 0 saturated carbocycles. The van der Waals surface area contributed by atoms with Gasteiger partial charge in [0.05, 0.1) is 18.0 Å². The van der Waals surface area contributed by atoms with Crippen LogP contribution in [0.4, 0.5) is 10.1 Å². The van der Waals surface area contributed by atoms with Crippen molar-refractivity contribution in [3.05, 3.63) is 101 Å². The molecule has 0 atom stereocenters. The van der Waals surface area contributed by atoms with Crippen LogP contribution < -0.4 is 15.6 Å². The predicted octanol–water partition coefficient (Wildman–Crippen LogP) is 5.65. The van der Waals surface area contributed by atoms with Gasteiger partial charge in [0.25, 0.3) is 5.56 Å². The first kappa shape index (κ1) is 24.3. The van der Waals surface area contributed by atoms with Crippen molar-refractivity contribution >= 4 is 34.4 Å². The van der Waals surface area contributed by atoms with Gasteiger partial charge in [-0.2, -0.15) is 0 Å². The Morgan fingerprint density at radius 2 is 1.86 bits per heavy atom. The number of anilines is 1. The topological polar surface area (TPSA) is 89.0 Å². The molecule has 0 bridgehead atoms. The van der Waals surface area contributed by atoms with Gasteiger partial charge in [0.15, 0.2) is 5.16 Å². The Hall–Kier alpha value is -4.37. The molecule has 2 aromatic heterocycles. The smallest absolute Gasteiger partial charge is 0.283 e. The van der Waals surface area contributed by atoms with Crippen molar-refractivity contribution in [1.29, 1.82) is 0 Å². The third-order valence-corrected chi connectivity index (χ3v) is 6.54. The molecule has 0 unspecified atom stereocenters. The number of benzene rings is 3. The van der Waals surface area contributed by atoms with E-state index in [1.165, 1.54) is 22.8 Å². The Balaban J connectivity index is 1.54. The predicted molar refractivity (Wildman–Crippen MR) is 144 cm³/mol. The van der Waals surface area contributed by atoms with Crippen LogP contribution >= 0.6 is 11.8 Å². The maximum absolute atomic E-state index is 13.7. The summed E-state index contributed by atoms with van der Waals surface area (Å²) in [6.07, 6.45) is 1.77. The molecule has 5 rings (SSSR count). The molecule has 0 aliphatic heterocycles. The first-order valence-electron chi connectivity index (χ1n) is 11.6. The average molecular weight is 515 g/mol. The molecule has 0 saturated heterocycles. The number of hydrogen-bond donors (Lipinski definition) is 2. The van der Waals surface area contributed by atoms with Crippen LogP contribution in [-0.4, -0.2) is 32.8 Å². The number of nitrogens with zero attached hydrogens (tertiary/aromatic N) is 2. The normalized spacial score (nSPS) is 11.0. The summed E-state index contributed by atoms with van der Waals surface area (Å²) in [5.74, 6) is -0.136. The Kier molecular flexibility index (Phi) is 7.04. The monoisotopic (exact) mass is 514 g/mol. The number of carbonyl (C=O) groups is 1. The number of hydrogen-bond acceptors (Lipinski definition) is 5. The first-order chi connectivity index (χ1) is 18.0. The fourth-order valence-corrected chi connectivity index (χ4v) is 4.76. The third kappa shape index (κ3) is 5.26. The number of fused-ring (bicyclic) bond motifs is 1. The number of amides is 1. The fourth-order valence-electron chi connectivity index (χ4n) is 3.95. The minimum Gasteiger partial charge on any atom is -0.494 e. The van der Waals surface area contributed by atoms with Gasteiger partial charge in [0, 0.05) is 17.4 Å². The van der Waals surface area contributed by atoms with Gasteiger partial charge in [-0.25, -0.2) is 9.37 Å². The number of nitrogens with one attached hydrogen (secondary N) is 2. The van der Waals surface area contributed by atoms with E-state index in [4.69, 9.17) is 9.72 Å². The highest BCUT2D eigenvalue weighted by Gasteiger charge is 2.19. The van der Waals surface area contributed by atoms with E-state index < -0.39 is 5.82 Å². The van der Waals surface area contributed by atoms with Crippen molar-refractivity contribution in [2.75, 3.05) is 17.7 Å². The molecule has 0 radical (unpaired) electrons. The highest BCUT2D eigenvalue weighted by atomic mass is 32.2. The second kappa shape index (κ2) is 10.7. The van der Waals surface area contributed by atoms with E-state index >= 15 is 0 Å². The summed E-state index contributed by atoms with van der Waals surface area (Å²) in [5.41, 5.74) is 3.25. The lowest BCUT2D eigenvalue weighted by Crippen LogP contribution is -2.23. The van der Waals surface area contributed by atoms with Gasteiger partial charge >= 0.3 is 0 Å². The van der Waals surface area contributed by atoms with Crippen LogP contribution in [0, 0.1) is 5.82 Å². The zero-order valence-corrected chi connectivity index (χ0v) is 20.7.